The fraction of sp³-hybridized carbons (Fsp3) is 0.643. The third-order valence-corrected chi connectivity index (χ3v) is 3.46. The number of rotatable bonds is 7. The molecular formula is C14H23N5O2. The quantitative estimate of drug-likeness (QED) is 0.678. The largest absolute Gasteiger partial charge is 0.383 e. The Kier molecular flexibility index (Phi) is 6.36. The predicted octanol–water partition coefficient (Wildman–Crippen LogP) is -0.202. The molecule has 0 spiro atoms. The number of amides is 1. The molecule has 1 aliphatic heterocycles. The van der Waals surface area contributed by atoms with E-state index in [1.165, 1.54) is 0 Å². The van der Waals surface area contributed by atoms with Gasteiger partial charge in [0.05, 0.1) is 13.2 Å². The molecule has 0 bridgehead atoms. The Morgan fingerprint density at radius 2 is 2.10 bits per heavy atom. The first-order valence-corrected chi connectivity index (χ1v) is 7.30. The standard InChI is InChI=1S/C14H23N5O2/c1-21-10-7-15-11-13(20)18-12-3-8-19(9-4-12)14-16-5-2-6-17-14/h2,5-6,12,15H,3-4,7-11H2,1H3,(H,18,20). The minimum Gasteiger partial charge on any atom is -0.383 e. The number of aromatic nitrogens is 2. The van der Waals surface area contributed by atoms with Crippen molar-refractivity contribution < 1.29 is 9.53 Å². The van der Waals surface area contributed by atoms with Crippen molar-refractivity contribution >= 4 is 11.9 Å². The number of nitrogens with one attached hydrogen (secondary N) is 2. The third-order valence-electron chi connectivity index (χ3n) is 3.46. The van der Waals surface area contributed by atoms with Gasteiger partial charge in [-0.25, -0.2) is 9.97 Å². The number of carbonyl (C=O) groups is 1. The molecule has 0 aliphatic carbocycles. The van der Waals surface area contributed by atoms with Crippen LogP contribution >= 0.6 is 0 Å². The summed E-state index contributed by atoms with van der Waals surface area (Å²) in [6.45, 7) is 3.37. The molecule has 0 aromatic carbocycles. The van der Waals surface area contributed by atoms with Crippen LogP contribution in [-0.4, -0.2) is 61.8 Å². The maximum atomic E-state index is 11.8. The van der Waals surface area contributed by atoms with Crippen LogP contribution in [-0.2, 0) is 9.53 Å². The smallest absolute Gasteiger partial charge is 0.234 e. The zero-order valence-corrected chi connectivity index (χ0v) is 12.4. The molecule has 0 radical (unpaired) electrons. The van der Waals surface area contributed by atoms with Gasteiger partial charge in [0, 0.05) is 45.2 Å². The zero-order chi connectivity index (χ0) is 14.9. The lowest BCUT2D eigenvalue weighted by atomic mass is 10.1. The van der Waals surface area contributed by atoms with Crippen molar-refractivity contribution in [2.75, 3.05) is 44.8 Å². The van der Waals surface area contributed by atoms with Crippen molar-refractivity contribution in [2.24, 2.45) is 0 Å². The molecule has 1 amide bonds. The van der Waals surface area contributed by atoms with Gasteiger partial charge in [-0.3, -0.25) is 4.79 Å². The molecule has 2 N–H and O–H groups in total. The second-order valence-electron chi connectivity index (χ2n) is 5.05. The molecule has 1 saturated heterocycles. The molecule has 1 aromatic rings. The highest BCUT2D eigenvalue weighted by Crippen LogP contribution is 2.15. The molecule has 2 heterocycles. The average molecular weight is 293 g/mol. The molecule has 21 heavy (non-hydrogen) atoms. The first-order valence-electron chi connectivity index (χ1n) is 7.30. The van der Waals surface area contributed by atoms with Crippen LogP contribution in [0.15, 0.2) is 18.5 Å². The Hall–Kier alpha value is -1.73. The summed E-state index contributed by atoms with van der Waals surface area (Å²) in [6, 6.07) is 2.05. The fourth-order valence-corrected chi connectivity index (χ4v) is 2.33. The molecule has 0 saturated carbocycles. The van der Waals surface area contributed by atoms with Gasteiger partial charge in [-0.05, 0) is 18.9 Å². The van der Waals surface area contributed by atoms with E-state index >= 15 is 0 Å². The van der Waals surface area contributed by atoms with E-state index in [-0.39, 0.29) is 11.9 Å². The van der Waals surface area contributed by atoms with E-state index in [0.717, 1.165) is 31.9 Å². The number of hydrogen-bond donors (Lipinski definition) is 2. The maximum Gasteiger partial charge on any atom is 0.234 e. The number of nitrogens with zero attached hydrogens (tertiary/aromatic N) is 3. The summed E-state index contributed by atoms with van der Waals surface area (Å²) in [4.78, 5) is 22.4. The molecule has 1 aromatic heterocycles. The van der Waals surface area contributed by atoms with E-state index in [9.17, 15) is 4.79 Å². The van der Waals surface area contributed by atoms with Crippen LogP contribution < -0.4 is 15.5 Å². The monoisotopic (exact) mass is 293 g/mol. The maximum absolute atomic E-state index is 11.8. The Balaban J connectivity index is 1.66. The summed E-state index contributed by atoms with van der Waals surface area (Å²) in [6.07, 6.45) is 5.34. The van der Waals surface area contributed by atoms with Gasteiger partial charge in [0.15, 0.2) is 0 Å². The lowest BCUT2D eigenvalue weighted by molar-refractivity contribution is -0.121. The van der Waals surface area contributed by atoms with Gasteiger partial charge < -0.3 is 20.3 Å². The fourth-order valence-electron chi connectivity index (χ4n) is 2.33. The molecule has 7 heteroatoms. The van der Waals surface area contributed by atoms with E-state index < -0.39 is 0 Å². The van der Waals surface area contributed by atoms with Crippen LogP contribution in [0, 0.1) is 0 Å². The highest BCUT2D eigenvalue weighted by molar-refractivity contribution is 5.78. The van der Waals surface area contributed by atoms with Gasteiger partial charge in [-0.1, -0.05) is 0 Å². The van der Waals surface area contributed by atoms with Crippen LogP contribution in [0.2, 0.25) is 0 Å². The lowest BCUT2D eigenvalue weighted by Crippen LogP contribution is -2.47. The number of methoxy groups -OCH3 is 1. The Morgan fingerprint density at radius 3 is 2.76 bits per heavy atom. The first kappa shape index (κ1) is 15.7. The van der Waals surface area contributed by atoms with Crippen molar-refractivity contribution in [3.05, 3.63) is 18.5 Å². The highest BCUT2D eigenvalue weighted by atomic mass is 16.5. The van der Waals surface area contributed by atoms with Crippen molar-refractivity contribution in [2.45, 2.75) is 18.9 Å². The molecular weight excluding hydrogens is 270 g/mol. The second-order valence-corrected chi connectivity index (χ2v) is 5.05. The van der Waals surface area contributed by atoms with E-state index in [2.05, 4.69) is 25.5 Å². The third kappa shape index (κ3) is 5.28. The molecule has 116 valence electrons. The van der Waals surface area contributed by atoms with Gasteiger partial charge in [-0.15, -0.1) is 0 Å². The van der Waals surface area contributed by atoms with Crippen LogP contribution in [0.1, 0.15) is 12.8 Å². The molecule has 0 unspecified atom stereocenters. The lowest BCUT2D eigenvalue weighted by Gasteiger charge is -2.32. The van der Waals surface area contributed by atoms with Gasteiger partial charge in [0.25, 0.3) is 0 Å². The van der Waals surface area contributed by atoms with Gasteiger partial charge in [0.1, 0.15) is 0 Å². The molecule has 2 rings (SSSR count). The number of carbonyl (C=O) groups excluding carboxylic acids is 1. The normalized spacial score (nSPS) is 16.0. The van der Waals surface area contributed by atoms with E-state index in [1.54, 1.807) is 19.5 Å². The van der Waals surface area contributed by atoms with Gasteiger partial charge >= 0.3 is 0 Å². The van der Waals surface area contributed by atoms with Crippen LogP contribution in [0.25, 0.3) is 0 Å². The van der Waals surface area contributed by atoms with Crippen molar-refractivity contribution in [3.63, 3.8) is 0 Å². The minimum absolute atomic E-state index is 0.0421. The summed E-state index contributed by atoms with van der Waals surface area (Å²) in [7, 11) is 1.64. The Bertz CT molecular complexity index is 421. The summed E-state index contributed by atoms with van der Waals surface area (Å²) in [5, 5.41) is 6.10. The molecule has 1 fully saturated rings. The van der Waals surface area contributed by atoms with Crippen LogP contribution in [0.5, 0.6) is 0 Å². The number of anilines is 1. The average Bonchev–Trinajstić information content (AvgIpc) is 2.53. The summed E-state index contributed by atoms with van der Waals surface area (Å²) >= 11 is 0. The number of piperidine rings is 1. The van der Waals surface area contributed by atoms with Crippen LogP contribution in [0.4, 0.5) is 5.95 Å². The van der Waals surface area contributed by atoms with E-state index in [1.807, 2.05) is 6.07 Å². The van der Waals surface area contributed by atoms with E-state index in [4.69, 9.17) is 4.74 Å². The summed E-state index contributed by atoms with van der Waals surface area (Å²) in [5.74, 6) is 0.809. The van der Waals surface area contributed by atoms with Crippen molar-refractivity contribution in [1.29, 1.82) is 0 Å². The van der Waals surface area contributed by atoms with Gasteiger partial charge in [0.2, 0.25) is 11.9 Å². The molecule has 1 aliphatic rings. The van der Waals surface area contributed by atoms with Crippen LogP contribution in [0.3, 0.4) is 0 Å². The zero-order valence-electron chi connectivity index (χ0n) is 12.4. The predicted molar refractivity (Wildman–Crippen MR) is 80.2 cm³/mol. The van der Waals surface area contributed by atoms with Crippen molar-refractivity contribution in [3.8, 4) is 0 Å². The summed E-state index contributed by atoms with van der Waals surface area (Å²) < 4.78 is 4.92. The molecule has 0 atom stereocenters. The number of ether oxygens (including phenoxy) is 1. The first-order chi connectivity index (χ1) is 10.3. The minimum atomic E-state index is 0.0421. The number of hydrogen-bond acceptors (Lipinski definition) is 6. The molecule has 7 nitrogen and oxygen atoms in total. The Morgan fingerprint density at radius 1 is 1.38 bits per heavy atom. The van der Waals surface area contributed by atoms with Gasteiger partial charge in [-0.2, -0.15) is 0 Å². The summed E-state index contributed by atoms with van der Waals surface area (Å²) in [5.41, 5.74) is 0. The Labute approximate surface area is 125 Å². The SMILES string of the molecule is COCCNCC(=O)NC1CCN(c2ncccn2)CC1. The second kappa shape index (κ2) is 8.53. The van der Waals surface area contributed by atoms with Crippen molar-refractivity contribution in [1.82, 2.24) is 20.6 Å². The topological polar surface area (TPSA) is 79.4 Å². The highest BCUT2D eigenvalue weighted by Gasteiger charge is 2.21. The van der Waals surface area contributed by atoms with E-state index in [0.29, 0.717) is 19.7 Å².